The van der Waals surface area contributed by atoms with Gasteiger partial charge in [0.25, 0.3) is 23.6 Å². The van der Waals surface area contributed by atoms with Crippen molar-refractivity contribution in [2.75, 3.05) is 28.2 Å². The van der Waals surface area contributed by atoms with Gasteiger partial charge in [-0.25, -0.2) is 0 Å². The Bertz CT molecular complexity index is 2310. The molecule has 0 spiro atoms. The Kier molecular flexibility index (Phi) is 15.3. The third-order valence-corrected chi connectivity index (χ3v) is 12.3. The van der Waals surface area contributed by atoms with Crippen LogP contribution in [-0.2, 0) is 47.8 Å². The number of nitrogens with zero attached hydrogens (tertiary/aromatic N) is 4. The summed E-state index contributed by atoms with van der Waals surface area (Å²) in [7, 11) is 7.18. The maximum Gasteiger partial charge on any atom is 0.253 e. The maximum atomic E-state index is 13.7. The van der Waals surface area contributed by atoms with Crippen LogP contribution >= 0.6 is 0 Å². The number of benzene rings is 5. The number of hydrogen-bond acceptors (Lipinski definition) is 4. The standard InChI is InChI=1S/C58H74N4O4/c1-55(2,3)47-29-45(30-48(33-47)56(4,5)6)53(65)61(15)37-41-24-20-39(21-25-41)35-59(13)51(63)43-18-17-19-44(28-43)52(64)60(14)36-40-22-26-42(27-23-40)38-62(16)54(66)46-31-49(57(7,8)9)34-50(32-46)58(10,11)12/h17-34H,35-38H2,1-16H3. The smallest absolute Gasteiger partial charge is 0.253 e. The molecule has 8 heteroatoms. The molecular formula is C58H74N4O4. The van der Waals surface area contributed by atoms with E-state index in [1.165, 1.54) is 0 Å². The van der Waals surface area contributed by atoms with E-state index >= 15 is 0 Å². The lowest BCUT2D eigenvalue weighted by Crippen LogP contribution is -2.28. The van der Waals surface area contributed by atoms with E-state index in [4.69, 9.17) is 0 Å². The minimum atomic E-state index is -0.190. The zero-order valence-corrected chi connectivity index (χ0v) is 42.6. The van der Waals surface area contributed by atoms with Crippen molar-refractivity contribution >= 4 is 23.6 Å². The van der Waals surface area contributed by atoms with Gasteiger partial charge in [0, 0.05) is 76.6 Å². The summed E-state index contributed by atoms with van der Waals surface area (Å²) < 4.78 is 0. The quantitative estimate of drug-likeness (QED) is 0.125. The Labute approximate surface area is 396 Å². The van der Waals surface area contributed by atoms with Crippen molar-refractivity contribution in [1.29, 1.82) is 0 Å². The molecule has 66 heavy (non-hydrogen) atoms. The first kappa shape index (κ1) is 51.0. The minimum Gasteiger partial charge on any atom is -0.337 e. The highest BCUT2D eigenvalue weighted by Crippen LogP contribution is 2.32. The Morgan fingerprint density at radius 2 is 0.530 bits per heavy atom. The van der Waals surface area contributed by atoms with E-state index in [2.05, 4.69) is 95.2 Å². The molecular weight excluding hydrogens is 817 g/mol. The molecule has 0 bridgehead atoms. The van der Waals surface area contributed by atoms with Crippen LogP contribution in [0.3, 0.4) is 0 Å². The van der Waals surface area contributed by atoms with Gasteiger partial charge in [-0.3, -0.25) is 19.2 Å². The summed E-state index contributed by atoms with van der Waals surface area (Å²) in [6, 6.07) is 35.4. The molecule has 0 aliphatic carbocycles. The molecule has 0 N–H and O–H groups in total. The minimum absolute atomic E-state index is 0.0234. The average Bonchev–Trinajstić information content (AvgIpc) is 3.25. The lowest BCUT2D eigenvalue weighted by Gasteiger charge is -2.27. The molecule has 5 aromatic rings. The van der Waals surface area contributed by atoms with Crippen LogP contribution in [0.1, 0.15) is 169 Å². The van der Waals surface area contributed by atoms with Crippen LogP contribution in [-0.4, -0.2) is 71.4 Å². The SMILES string of the molecule is CN(Cc1ccc(CN(C)C(=O)c2cc(C(C)(C)C)cc(C(C)(C)C)c2)cc1)C(=O)c1cccc(C(=O)N(C)Cc2ccc(CN(C)C(=O)c3cc(C(C)(C)C)cc(C(C)(C)C)c3)cc2)c1. The highest BCUT2D eigenvalue weighted by atomic mass is 16.2. The van der Waals surface area contributed by atoms with E-state index in [9.17, 15) is 19.2 Å². The molecule has 0 saturated heterocycles. The van der Waals surface area contributed by atoms with Crippen molar-refractivity contribution in [2.24, 2.45) is 0 Å². The van der Waals surface area contributed by atoms with E-state index in [0.717, 1.165) is 44.5 Å². The van der Waals surface area contributed by atoms with Gasteiger partial charge in [0.2, 0.25) is 0 Å². The number of rotatable bonds is 12. The lowest BCUT2D eigenvalue weighted by molar-refractivity contribution is 0.0771. The monoisotopic (exact) mass is 891 g/mol. The summed E-state index contributed by atoms with van der Waals surface area (Å²) >= 11 is 0. The van der Waals surface area contributed by atoms with Crippen LogP contribution in [0, 0.1) is 0 Å². The predicted octanol–water partition coefficient (Wildman–Crippen LogP) is 12.0. The third-order valence-electron chi connectivity index (χ3n) is 12.3. The van der Waals surface area contributed by atoms with Gasteiger partial charge in [0.05, 0.1) is 0 Å². The summed E-state index contributed by atoms with van der Waals surface area (Å²) in [5.74, 6) is -0.428. The lowest BCUT2D eigenvalue weighted by atomic mass is 9.79. The third kappa shape index (κ3) is 13.1. The average molecular weight is 891 g/mol. The molecule has 350 valence electrons. The second-order valence-corrected chi connectivity index (χ2v) is 22.5. The van der Waals surface area contributed by atoms with Gasteiger partial charge in [-0.05, 0) is 109 Å². The van der Waals surface area contributed by atoms with E-state index in [0.29, 0.717) is 48.4 Å². The van der Waals surface area contributed by atoms with Crippen LogP contribution in [0.5, 0.6) is 0 Å². The fourth-order valence-electron chi connectivity index (χ4n) is 7.78. The molecule has 5 rings (SSSR count). The van der Waals surface area contributed by atoms with Gasteiger partial charge < -0.3 is 19.6 Å². The van der Waals surface area contributed by atoms with Gasteiger partial charge in [0.1, 0.15) is 0 Å². The van der Waals surface area contributed by atoms with Gasteiger partial charge >= 0.3 is 0 Å². The fraction of sp³-hybridized carbons (Fsp3) is 0.414. The van der Waals surface area contributed by atoms with E-state index < -0.39 is 0 Å². The van der Waals surface area contributed by atoms with Gasteiger partial charge in [0.15, 0.2) is 0 Å². The molecule has 0 radical (unpaired) electrons. The normalized spacial score (nSPS) is 12.1. The maximum absolute atomic E-state index is 13.7. The van der Waals surface area contributed by atoms with Crippen molar-refractivity contribution in [3.63, 3.8) is 0 Å². The molecule has 0 heterocycles. The van der Waals surface area contributed by atoms with Crippen LogP contribution in [0.2, 0.25) is 0 Å². The molecule has 8 nitrogen and oxygen atoms in total. The Morgan fingerprint density at radius 3 is 0.742 bits per heavy atom. The van der Waals surface area contributed by atoms with Crippen LogP contribution in [0.25, 0.3) is 0 Å². The molecule has 0 saturated carbocycles. The summed E-state index contributed by atoms with van der Waals surface area (Å²) in [5.41, 5.74) is 10.3. The molecule has 0 aliphatic heterocycles. The Hall–Kier alpha value is -6.02. The van der Waals surface area contributed by atoms with Crippen molar-refractivity contribution in [3.05, 3.63) is 176 Å². The van der Waals surface area contributed by atoms with Crippen LogP contribution in [0.4, 0.5) is 0 Å². The van der Waals surface area contributed by atoms with Crippen molar-refractivity contribution in [2.45, 2.75) is 131 Å². The highest BCUT2D eigenvalue weighted by Gasteiger charge is 2.26. The predicted molar refractivity (Wildman–Crippen MR) is 270 cm³/mol. The highest BCUT2D eigenvalue weighted by molar-refractivity contribution is 5.99. The molecule has 0 aliphatic rings. The first-order chi connectivity index (χ1) is 30.5. The topological polar surface area (TPSA) is 81.2 Å². The van der Waals surface area contributed by atoms with E-state index in [-0.39, 0.29) is 45.3 Å². The van der Waals surface area contributed by atoms with Crippen LogP contribution in [0.15, 0.2) is 109 Å². The second kappa shape index (κ2) is 19.8. The summed E-state index contributed by atoms with van der Waals surface area (Å²) in [6.07, 6.45) is 0. The van der Waals surface area contributed by atoms with Gasteiger partial charge in [-0.2, -0.15) is 0 Å². The molecule has 0 fully saturated rings. The molecule has 4 amide bonds. The second-order valence-electron chi connectivity index (χ2n) is 22.5. The summed E-state index contributed by atoms with van der Waals surface area (Å²) in [5, 5.41) is 0. The largest absolute Gasteiger partial charge is 0.337 e. The Balaban J connectivity index is 1.16. The fourth-order valence-corrected chi connectivity index (χ4v) is 7.78. The van der Waals surface area contributed by atoms with Crippen LogP contribution < -0.4 is 0 Å². The zero-order valence-electron chi connectivity index (χ0n) is 42.6. The summed E-state index contributed by atoms with van der Waals surface area (Å²) in [4.78, 5) is 61.5. The number of hydrogen-bond donors (Lipinski definition) is 0. The molecule has 0 aromatic heterocycles. The first-order valence-corrected chi connectivity index (χ1v) is 23.1. The molecule has 0 atom stereocenters. The first-order valence-electron chi connectivity index (χ1n) is 23.1. The summed E-state index contributed by atoms with van der Waals surface area (Å²) in [6.45, 7) is 27.7. The van der Waals surface area contributed by atoms with Crippen molar-refractivity contribution in [3.8, 4) is 0 Å². The van der Waals surface area contributed by atoms with Crippen molar-refractivity contribution < 1.29 is 19.2 Å². The van der Waals surface area contributed by atoms with Gasteiger partial charge in [-0.1, -0.05) is 150 Å². The zero-order chi connectivity index (χ0) is 49.1. The number of carbonyl (C=O) groups excluding carboxylic acids is 4. The Morgan fingerprint density at radius 1 is 0.318 bits per heavy atom. The number of amides is 4. The number of carbonyl (C=O) groups is 4. The van der Waals surface area contributed by atoms with E-state index in [1.807, 2.05) is 86.9 Å². The van der Waals surface area contributed by atoms with Crippen molar-refractivity contribution in [1.82, 2.24) is 19.6 Å². The molecule has 5 aromatic carbocycles. The van der Waals surface area contributed by atoms with Gasteiger partial charge in [-0.15, -0.1) is 0 Å². The molecule has 0 unspecified atom stereocenters. The van der Waals surface area contributed by atoms with E-state index in [1.54, 1.807) is 58.0 Å².